The Hall–Kier alpha value is -5.66. The molecule has 0 fully saturated rings. The molecule has 1 nitrogen and oxygen atoms in total. The van der Waals surface area contributed by atoms with E-state index in [0.717, 1.165) is 17.1 Å². The lowest BCUT2D eigenvalue weighted by Crippen LogP contribution is -2.28. The van der Waals surface area contributed by atoms with Crippen molar-refractivity contribution in [2.45, 2.75) is 5.41 Å². The molecule has 0 amide bonds. The maximum Gasteiger partial charge on any atom is 0.0713 e. The Morgan fingerprint density at radius 2 is 0.750 bits per heavy atom. The van der Waals surface area contributed by atoms with Gasteiger partial charge in [-0.1, -0.05) is 146 Å². The van der Waals surface area contributed by atoms with Crippen LogP contribution in [0.3, 0.4) is 0 Å². The molecule has 0 bridgehead atoms. The molecule has 0 heterocycles. The molecule has 7 aromatic carbocycles. The number of para-hydroxylation sites is 2. The van der Waals surface area contributed by atoms with Gasteiger partial charge in [0.25, 0.3) is 0 Å². The fraction of sp³-hybridized carbons (Fsp3) is 0.0233. The van der Waals surface area contributed by atoms with Gasteiger partial charge in [-0.25, -0.2) is 0 Å². The molecule has 0 aliphatic heterocycles. The van der Waals surface area contributed by atoms with Crippen LogP contribution in [-0.4, -0.2) is 0 Å². The van der Waals surface area contributed by atoms with Crippen LogP contribution in [0, 0.1) is 0 Å². The third kappa shape index (κ3) is 4.17. The Labute approximate surface area is 259 Å². The van der Waals surface area contributed by atoms with Crippen LogP contribution >= 0.6 is 0 Å². The molecular weight excluding hydrogens is 530 g/mol. The highest BCUT2D eigenvalue weighted by molar-refractivity contribution is 5.89. The van der Waals surface area contributed by atoms with Crippen molar-refractivity contribution < 1.29 is 0 Å². The third-order valence-corrected chi connectivity index (χ3v) is 8.95. The fourth-order valence-corrected chi connectivity index (χ4v) is 7.03. The Morgan fingerprint density at radius 1 is 0.318 bits per heavy atom. The minimum Gasteiger partial charge on any atom is -0.311 e. The van der Waals surface area contributed by atoms with Gasteiger partial charge in [0.1, 0.15) is 0 Å². The van der Waals surface area contributed by atoms with Crippen molar-refractivity contribution >= 4 is 17.1 Å². The van der Waals surface area contributed by atoms with E-state index in [0.29, 0.717) is 0 Å². The predicted molar refractivity (Wildman–Crippen MR) is 184 cm³/mol. The fourth-order valence-electron chi connectivity index (χ4n) is 7.03. The van der Waals surface area contributed by atoms with Crippen molar-refractivity contribution in [3.05, 3.63) is 210 Å². The standard InChI is InChI=1S/C43H31N/c1-5-15-34(16-6-1)43(35-17-7-2-8-18-35)41-24-14-13-23-39(41)40-31-33(27-30-42(40)43)32-25-28-38(29-26-32)44(36-19-9-3-10-20-36)37-21-11-4-12-22-37/h1-31H. The van der Waals surface area contributed by atoms with Crippen molar-refractivity contribution in [1.29, 1.82) is 0 Å². The van der Waals surface area contributed by atoms with E-state index < -0.39 is 0 Å². The smallest absolute Gasteiger partial charge is 0.0713 e. The number of rotatable bonds is 6. The lowest BCUT2D eigenvalue weighted by molar-refractivity contribution is 0.768. The zero-order valence-electron chi connectivity index (χ0n) is 24.3. The molecule has 0 radical (unpaired) electrons. The van der Waals surface area contributed by atoms with Crippen LogP contribution in [0.1, 0.15) is 22.3 Å². The molecule has 0 spiro atoms. The molecule has 7 aromatic rings. The Kier molecular flexibility index (Phi) is 6.43. The summed E-state index contributed by atoms with van der Waals surface area (Å²) in [5.41, 5.74) is 13.3. The van der Waals surface area contributed by atoms with Crippen LogP contribution in [0.25, 0.3) is 22.3 Å². The van der Waals surface area contributed by atoms with E-state index in [1.807, 2.05) is 0 Å². The van der Waals surface area contributed by atoms with Gasteiger partial charge in [-0.15, -0.1) is 0 Å². The van der Waals surface area contributed by atoms with Gasteiger partial charge in [0, 0.05) is 17.1 Å². The summed E-state index contributed by atoms with van der Waals surface area (Å²) in [6.07, 6.45) is 0. The first-order chi connectivity index (χ1) is 21.8. The Bertz CT molecular complexity index is 1950. The van der Waals surface area contributed by atoms with Crippen molar-refractivity contribution in [2.75, 3.05) is 4.90 Å². The normalized spacial score (nSPS) is 12.7. The average molecular weight is 562 g/mol. The number of benzene rings is 7. The number of nitrogens with zero attached hydrogens (tertiary/aromatic N) is 1. The second kappa shape index (κ2) is 10.9. The largest absolute Gasteiger partial charge is 0.311 e. The first-order valence-corrected chi connectivity index (χ1v) is 15.2. The summed E-state index contributed by atoms with van der Waals surface area (Å²) in [7, 11) is 0. The topological polar surface area (TPSA) is 3.24 Å². The van der Waals surface area contributed by atoms with Crippen molar-refractivity contribution in [3.63, 3.8) is 0 Å². The van der Waals surface area contributed by atoms with Crippen molar-refractivity contribution in [3.8, 4) is 22.3 Å². The van der Waals surface area contributed by atoms with Crippen molar-refractivity contribution in [1.82, 2.24) is 0 Å². The van der Waals surface area contributed by atoms with E-state index in [2.05, 4.69) is 193 Å². The van der Waals surface area contributed by atoms with Crippen LogP contribution in [0.15, 0.2) is 188 Å². The number of hydrogen-bond acceptors (Lipinski definition) is 1. The highest BCUT2D eigenvalue weighted by Gasteiger charge is 2.45. The summed E-state index contributed by atoms with van der Waals surface area (Å²) in [6.45, 7) is 0. The third-order valence-electron chi connectivity index (χ3n) is 8.95. The zero-order chi connectivity index (χ0) is 29.3. The molecule has 44 heavy (non-hydrogen) atoms. The maximum absolute atomic E-state index is 2.39. The van der Waals surface area contributed by atoms with Gasteiger partial charge in [-0.2, -0.15) is 0 Å². The first kappa shape index (κ1) is 26.0. The summed E-state index contributed by atoms with van der Waals surface area (Å²) in [4.78, 5) is 2.30. The van der Waals surface area contributed by atoms with E-state index in [4.69, 9.17) is 0 Å². The Morgan fingerprint density at radius 3 is 1.32 bits per heavy atom. The van der Waals surface area contributed by atoms with Gasteiger partial charge in [0.2, 0.25) is 0 Å². The molecular formula is C43H31N. The molecule has 1 heteroatoms. The summed E-state index contributed by atoms with van der Waals surface area (Å²) < 4.78 is 0. The van der Waals surface area contributed by atoms with Gasteiger partial charge >= 0.3 is 0 Å². The van der Waals surface area contributed by atoms with E-state index in [1.165, 1.54) is 44.5 Å². The second-order valence-electron chi connectivity index (χ2n) is 11.3. The SMILES string of the molecule is c1ccc(N(c2ccccc2)c2ccc(-c3ccc4c(c3)-c3ccccc3C4(c3ccccc3)c3ccccc3)cc2)cc1. The molecule has 0 atom stereocenters. The highest BCUT2D eigenvalue weighted by Crippen LogP contribution is 2.56. The van der Waals surface area contributed by atoms with Gasteiger partial charge in [-0.3, -0.25) is 0 Å². The lowest BCUT2D eigenvalue weighted by Gasteiger charge is -2.33. The highest BCUT2D eigenvalue weighted by atomic mass is 15.1. The van der Waals surface area contributed by atoms with E-state index in [-0.39, 0.29) is 5.41 Å². The van der Waals surface area contributed by atoms with Crippen LogP contribution in [0.5, 0.6) is 0 Å². The van der Waals surface area contributed by atoms with Gasteiger partial charge in [0.05, 0.1) is 5.41 Å². The number of fused-ring (bicyclic) bond motifs is 3. The molecule has 0 saturated carbocycles. The molecule has 8 rings (SSSR count). The first-order valence-electron chi connectivity index (χ1n) is 15.2. The number of hydrogen-bond donors (Lipinski definition) is 0. The summed E-state index contributed by atoms with van der Waals surface area (Å²) in [5, 5.41) is 0. The summed E-state index contributed by atoms with van der Waals surface area (Å²) in [5.74, 6) is 0. The molecule has 0 saturated heterocycles. The predicted octanol–water partition coefficient (Wildman–Crippen LogP) is 11.2. The maximum atomic E-state index is 2.39. The van der Waals surface area contributed by atoms with Crippen LogP contribution in [0.2, 0.25) is 0 Å². The molecule has 208 valence electrons. The zero-order valence-corrected chi connectivity index (χ0v) is 24.3. The Balaban J connectivity index is 1.26. The molecule has 1 aliphatic carbocycles. The molecule has 0 unspecified atom stereocenters. The van der Waals surface area contributed by atoms with Crippen LogP contribution in [0.4, 0.5) is 17.1 Å². The minimum absolute atomic E-state index is 0.372. The molecule has 0 N–H and O–H groups in total. The summed E-state index contributed by atoms with van der Waals surface area (Å²) >= 11 is 0. The van der Waals surface area contributed by atoms with Gasteiger partial charge < -0.3 is 4.90 Å². The lowest BCUT2D eigenvalue weighted by atomic mass is 9.67. The van der Waals surface area contributed by atoms with Crippen molar-refractivity contribution in [2.24, 2.45) is 0 Å². The van der Waals surface area contributed by atoms with E-state index in [1.54, 1.807) is 0 Å². The van der Waals surface area contributed by atoms with Crippen LogP contribution < -0.4 is 4.90 Å². The second-order valence-corrected chi connectivity index (χ2v) is 11.3. The number of anilines is 3. The van der Waals surface area contributed by atoms with Gasteiger partial charge in [0.15, 0.2) is 0 Å². The molecule has 0 aromatic heterocycles. The minimum atomic E-state index is -0.372. The summed E-state index contributed by atoms with van der Waals surface area (Å²) in [6, 6.07) is 68.0. The van der Waals surface area contributed by atoms with Crippen LogP contribution in [-0.2, 0) is 5.41 Å². The van der Waals surface area contributed by atoms with E-state index in [9.17, 15) is 0 Å². The quantitative estimate of drug-likeness (QED) is 0.195. The van der Waals surface area contributed by atoms with E-state index >= 15 is 0 Å². The van der Waals surface area contributed by atoms with Gasteiger partial charge in [-0.05, 0) is 87.0 Å². The average Bonchev–Trinajstić information content (AvgIpc) is 3.41. The molecule has 1 aliphatic rings. The monoisotopic (exact) mass is 561 g/mol.